The van der Waals surface area contributed by atoms with Crippen molar-refractivity contribution in [1.29, 1.82) is 5.26 Å². The Bertz CT molecular complexity index is 991. The molecule has 0 unspecified atom stereocenters. The van der Waals surface area contributed by atoms with Crippen molar-refractivity contribution < 1.29 is 18.3 Å². The highest BCUT2D eigenvalue weighted by Gasteiger charge is 2.08. The summed E-state index contributed by atoms with van der Waals surface area (Å²) in [6, 6.07) is 18.1. The summed E-state index contributed by atoms with van der Waals surface area (Å²) in [5.74, 6) is -1.30. The first kappa shape index (κ1) is 18.1. The van der Waals surface area contributed by atoms with Gasteiger partial charge in [-0.25, -0.2) is 8.78 Å². The lowest BCUT2D eigenvalue weighted by molar-refractivity contribution is 0.102. The Morgan fingerprint density at radius 3 is 2.37 bits per heavy atom. The predicted molar refractivity (Wildman–Crippen MR) is 96.2 cm³/mol. The number of anilines is 1. The molecule has 0 aliphatic carbocycles. The molecule has 1 N–H and O–H groups in total. The number of carbonyl (C=O) groups is 1. The van der Waals surface area contributed by atoms with Crippen molar-refractivity contribution in [3.05, 3.63) is 95.1 Å². The second-order valence-electron chi connectivity index (χ2n) is 5.74. The summed E-state index contributed by atoms with van der Waals surface area (Å²) >= 11 is 0. The molecule has 134 valence electrons. The van der Waals surface area contributed by atoms with Gasteiger partial charge in [-0.2, -0.15) is 5.26 Å². The van der Waals surface area contributed by atoms with Gasteiger partial charge in [0, 0.05) is 17.3 Å². The van der Waals surface area contributed by atoms with Gasteiger partial charge in [0.25, 0.3) is 5.91 Å². The minimum absolute atomic E-state index is 0.0324. The van der Waals surface area contributed by atoms with Gasteiger partial charge in [-0.05, 0) is 60.2 Å². The Hall–Kier alpha value is -3.72. The molecular weight excluding hydrogens is 350 g/mol. The molecule has 3 rings (SSSR count). The van der Waals surface area contributed by atoms with E-state index in [4.69, 9.17) is 10.00 Å². The van der Waals surface area contributed by atoms with Gasteiger partial charge in [0.15, 0.2) is 0 Å². The van der Waals surface area contributed by atoms with E-state index < -0.39 is 11.6 Å². The minimum Gasteiger partial charge on any atom is -0.489 e. The van der Waals surface area contributed by atoms with E-state index in [0.29, 0.717) is 28.1 Å². The van der Waals surface area contributed by atoms with Crippen LogP contribution < -0.4 is 10.1 Å². The summed E-state index contributed by atoms with van der Waals surface area (Å²) in [5.41, 5.74) is 1.76. The molecular formula is C21H14F2N2O2. The van der Waals surface area contributed by atoms with Gasteiger partial charge in [0.05, 0.1) is 11.6 Å². The summed E-state index contributed by atoms with van der Waals surface area (Å²) < 4.78 is 31.9. The number of nitrogens with zero attached hydrogens (tertiary/aromatic N) is 1. The fraction of sp³-hybridized carbons (Fsp3) is 0.0476. The van der Waals surface area contributed by atoms with E-state index in [1.54, 1.807) is 42.5 Å². The Kier molecular flexibility index (Phi) is 5.43. The molecule has 0 radical (unpaired) electrons. The van der Waals surface area contributed by atoms with Crippen LogP contribution in [-0.4, -0.2) is 5.91 Å². The summed E-state index contributed by atoms with van der Waals surface area (Å²) in [4.78, 5) is 12.4. The molecule has 6 heteroatoms. The predicted octanol–water partition coefficient (Wildman–Crippen LogP) is 4.67. The van der Waals surface area contributed by atoms with Crippen LogP contribution in [0.2, 0.25) is 0 Å². The van der Waals surface area contributed by atoms with Gasteiger partial charge >= 0.3 is 0 Å². The third-order valence-corrected chi connectivity index (χ3v) is 3.70. The standard InChI is InChI=1S/C21H14F2N2O2/c22-17-8-15(9-18(23)11-17)13-27-20-3-1-2-16(10-20)21(26)25-19-6-4-14(12-24)5-7-19/h1-11H,13H2,(H,25,26). The normalized spacial score (nSPS) is 10.1. The van der Waals surface area contributed by atoms with Crippen LogP contribution in [0.5, 0.6) is 5.75 Å². The summed E-state index contributed by atoms with van der Waals surface area (Å²) in [6.45, 7) is -0.0324. The fourth-order valence-electron chi connectivity index (χ4n) is 2.42. The van der Waals surface area contributed by atoms with Crippen LogP contribution in [0.3, 0.4) is 0 Å². The van der Waals surface area contributed by atoms with Crippen LogP contribution in [-0.2, 0) is 6.61 Å². The first-order chi connectivity index (χ1) is 13.0. The maximum atomic E-state index is 13.2. The average molecular weight is 364 g/mol. The highest BCUT2D eigenvalue weighted by atomic mass is 19.1. The zero-order valence-electron chi connectivity index (χ0n) is 14.1. The Morgan fingerprint density at radius 1 is 1.00 bits per heavy atom. The van der Waals surface area contributed by atoms with Crippen LogP contribution in [0.4, 0.5) is 14.5 Å². The van der Waals surface area contributed by atoms with Crippen molar-refractivity contribution in [2.45, 2.75) is 6.61 Å². The second kappa shape index (κ2) is 8.11. The number of rotatable bonds is 5. The molecule has 1 amide bonds. The maximum Gasteiger partial charge on any atom is 0.255 e. The largest absolute Gasteiger partial charge is 0.489 e. The number of hydrogen-bond acceptors (Lipinski definition) is 3. The molecule has 0 saturated carbocycles. The van der Waals surface area contributed by atoms with Crippen molar-refractivity contribution >= 4 is 11.6 Å². The molecule has 3 aromatic rings. The lowest BCUT2D eigenvalue weighted by atomic mass is 10.2. The second-order valence-corrected chi connectivity index (χ2v) is 5.74. The molecule has 0 aliphatic rings. The van der Waals surface area contributed by atoms with Gasteiger partial charge in [0.1, 0.15) is 24.0 Å². The van der Waals surface area contributed by atoms with Crippen LogP contribution in [0.1, 0.15) is 21.5 Å². The van der Waals surface area contributed by atoms with Crippen molar-refractivity contribution in [2.24, 2.45) is 0 Å². The number of nitriles is 1. The Morgan fingerprint density at radius 2 is 1.70 bits per heavy atom. The van der Waals surface area contributed by atoms with Gasteiger partial charge in [0.2, 0.25) is 0 Å². The van der Waals surface area contributed by atoms with E-state index in [9.17, 15) is 13.6 Å². The van der Waals surface area contributed by atoms with Gasteiger partial charge in [-0.1, -0.05) is 6.07 Å². The first-order valence-electron chi connectivity index (χ1n) is 8.03. The molecule has 0 saturated heterocycles. The average Bonchev–Trinajstić information content (AvgIpc) is 2.66. The number of carbonyl (C=O) groups excluding carboxylic acids is 1. The van der Waals surface area contributed by atoms with Crippen molar-refractivity contribution in [3.8, 4) is 11.8 Å². The minimum atomic E-state index is -0.677. The summed E-state index contributed by atoms with van der Waals surface area (Å²) in [5, 5.41) is 11.5. The molecule has 4 nitrogen and oxygen atoms in total. The molecule has 27 heavy (non-hydrogen) atoms. The lowest BCUT2D eigenvalue weighted by Gasteiger charge is -2.09. The smallest absolute Gasteiger partial charge is 0.255 e. The Labute approximate surface area is 154 Å². The van der Waals surface area contributed by atoms with Crippen molar-refractivity contribution in [3.63, 3.8) is 0 Å². The SMILES string of the molecule is N#Cc1ccc(NC(=O)c2cccc(OCc3cc(F)cc(F)c3)c2)cc1. The molecule has 3 aromatic carbocycles. The van der Waals surface area contributed by atoms with Crippen LogP contribution >= 0.6 is 0 Å². The van der Waals surface area contributed by atoms with Crippen LogP contribution in [0.25, 0.3) is 0 Å². The van der Waals surface area contributed by atoms with Crippen molar-refractivity contribution in [1.82, 2.24) is 0 Å². The molecule has 0 fully saturated rings. The highest BCUT2D eigenvalue weighted by molar-refractivity contribution is 6.04. The molecule has 0 spiro atoms. The Balaban J connectivity index is 1.67. The summed E-state index contributed by atoms with van der Waals surface area (Å²) in [6.07, 6.45) is 0. The highest BCUT2D eigenvalue weighted by Crippen LogP contribution is 2.18. The first-order valence-corrected chi connectivity index (χ1v) is 8.03. The van der Waals surface area contributed by atoms with E-state index in [-0.39, 0.29) is 12.5 Å². The number of nitrogens with one attached hydrogen (secondary N) is 1. The molecule has 0 aliphatic heterocycles. The van der Waals surface area contributed by atoms with Gasteiger partial charge in [-0.3, -0.25) is 4.79 Å². The van der Waals surface area contributed by atoms with Crippen molar-refractivity contribution in [2.75, 3.05) is 5.32 Å². The quantitative estimate of drug-likeness (QED) is 0.716. The van der Waals surface area contributed by atoms with Gasteiger partial charge < -0.3 is 10.1 Å². The van der Waals surface area contributed by atoms with E-state index in [0.717, 1.165) is 6.07 Å². The van der Waals surface area contributed by atoms with Crippen LogP contribution in [0, 0.1) is 23.0 Å². The van der Waals surface area contributed by atoms with E-state index in [1.807, 2.05) is 6.07 Å². The number of halogens is 2. The third-order valence-electron chi connectivity index (χ3n) is 3.70. The maximum absolute atomic E-state index is 13.2. The van der Waals surface area contributed by atoms with Gasteiger partial charge in [-0.15, -0.1) is 0 Å². The van der Waals surface area contributed by atoms with E-state index in [2.05, 4.69) is 5.32 Å². The monoisotopic (exact) mass is 364 g/mol. The zero-order valence-corrected chi connectivity index (χ0v) is 14.1. The van der Waals surface area contributed by atoms with E-state index in [1.165, 1.54) is 18.2 Å². The molecule has 0 heterocycles. The summed E-state index contributed by atoms with van der Waals surface area (Å²) in [7, 11) is 0. The molecule has 0 bridgehead atoms. The number of benzene rings is 3. The number of amides is 1. The zero-order chi connectivity index (χ0) is 19.2. The van der Waals surface area contributed by atoms with E-state index >= 15 is 0 Å². The lowest BCUT2D eigenvalue weighted by Crippen LogP contribution is -2.12. The number of hydrogen-bond donors (Lipinski definition) is 1. The van der Waals surface area contributed by atoms with Crippen LogP contribution in [0.15, 0.2) is 66.7 Å². The third kappa shape index (κ3) is 4.89. The topological polar surface area (TPSA) is 62.1 Å². The molecule has 0 aromatic heterocycles. The fourth-order valence-corrected chi connectivity index (χ4v) is 2.42. The number of ether oxygens (including phenoxy) is 1. The molecule has 0 atom stereocenters.